The number of amides is 1. The van der Waals surface area contributed by atoms with E-state index >= 15 is 0 Å². The van der Waals surface area contributed by atoms with Gasteiger partial charge in [0.2, 0.25) is 0 Å². The van der Waals surface area contributed by atoms with Crippen LogP contribution in [0.3, 0.4) is 0 Å². The summed E-state index contributed by atoms with van der Waals surface area (Å²) in [5.74, 6) is -1.17. The number of carbonyl (C=O) groups excluding carboxylic acids is 1. The Morgan fingerprint density at radius 3 is 2.74 bits per heavy atom. The zero-order valence-electron chi connectivity index (χ0n) is 11.8. The van der Waals surface area contributed by atoms with Crippen LogP contribution in [0.4, 0.5) is 11.0 Å². The summed E-state index contributed by atoms with van der Waals surface area (Å²) in [5, 5.41) is 13.5. The van der Waals surface area contributed by atoms with Gasteiger partial charge in [-0.1, -0.05) is 30.3 Å². The summed E-state index contributed by atoms with van der Waals surface area (Å²) < 4.78 is 4.85. The third-order valence-electron chi connectivity index (χ3n) is 2.99. The average molecular weight is 329 g/mol. The molecular formula is C15H11N3O4S. The lowest BCUT2D eigenvalue weighted by Crippen LogP contribution is -2.10. The molecule has 2 heterocycles. The molecule has 0 fully saturated rings. The fourth-order valence-electron chi connectivity index (χ4n) is 1.95. The third-order valence-corrected chi connectivity index (χ3v) is 3.90. The van der Waals surface area contributed by atoms with E-state index in [9.17, 15) is 14.9 Å². The highest BCUT2D eigenvalue weighted by Crippen LogP contribution is 2.22. The van der Waals surface area contributed by atoms with Gasteiger partial charge in [-0.15, -0.1) is 11.3 Å². The van der Waals surface area contributed by atoms with Gasteiger partial charge in [0.15, 0.2) is 10.9 Å². The second kappa shape index (κ2) is 6.41. The van der Waals surface area contributed by atoms with Crippen molar-refractivity contribution in [1.82, 2.24) is 4.98 Å². The summed E-state index contributed by atoms with van der Waals surface area (Å²) in [7, 11) is 0. The molecule has 0 spiro atoms. The first-order valence-corrected chi connectivity index (χ1v) is 7.47. The first-order chi connectivity index (χ1) is 11.1. The number of nitrogens with one attached hydrogen (secondary N) is 1. The van der Waals surface area contributed by atoms with Gasteiger partial charge in [0.1, 0.15) is 4.92 Å². The van der Waals surface area contributed by atoms with Gasteiger partial charge in [-0.3, -0.25) is 20.2 Å². The van der Waals surface area contributed by atoms with Crippen molar-refractivity contribution in [2.24, 2.45) is 0 Å². The first kappa shape index (κ1) is 14.9. The van der Waals surface area contributed by atoms with Gasteiger partial charge in [0.25, 0.3) is 5.91 Å². The van der Waals surface area contributed by atoms with E-state index in [4.69, 9.17) is 4.42 Å². The van der Waals surface area contributed by atoms with Crippen molar-refractivity contribution in [2.45, 2.75) is 6.42 Å². The molecule has 3 rings (SSSR count). The van der Waals surface area contributed by atoms with Gasteiger partial charge >= 0.3 is 5.88 Å². The van der Waals surface area contributed by atoms with Crippen molar-refractivity contribution in [2.75, 3.05) is 5.32 Å². The molecule has 0 bridgehead atoms. The van der Waals surface area contributed by atoms with Crippen LogP contribution in [0.5, 0.6) is 0 Å². The van der Waals surface area contributed by atoms with Crippen LogP contribution in [0.15, 0.2) is 53.1 Å². The SMILES string of the molecule is O=C(Nc1ncc(Cc2ccccc2)s1)c1ccc([N+](=O)[O-])o1. The molecule has 0 aliphatic carbocycles. The van der Waals surface area contributed by atoms with Gasteiger partial charge < -0.3 is 4.42 Å². The fourth-order valence-corrected chi connectivity index (χ4v) is 2.79. The van der Waals surface area contributed by atoms with E-state index in [0.29, 0.717) is 5.13 Å². The standard InChI is InChI=1S/C15H11N3O4S/c19-14(12-6-7-13(22-12)18(20)21)17-15-16-9-11(23-15)8-10-4-2-1-3-5-10/h1-7,9H,8H2,(H,16,17,19). The minimum Gasteiger partial charge on any atom is -0.395 e. The van der Waals surface area contributed by atoms with Crippen molar-refractivity contribution in [3.8, 4) is 0 Å². The highest BCUT2D eigenvalue weighted by Gasteiger charge is 2.18. The Morgan fingerprint density at radius 2 is 2.04 bits per heavy atom. The van der Waals surface area contributed by atoms with Gasteiger partial charge in [-0.25, -0.2) is 4.98 Å². The van der Waals surface area contributed by atoms with Crippen molar-refractivity contribution in [3.05, 3.63) is 75.0 Å². The topological polar surface area (TPSA) is 98.3 Å². The molecule has 3 aromatic rings. The normalized spacial score (nSPS) is 10.4. The van der Waals surface area contributed by atoms with Crippen molar-refractivity contribution < 1.29 is 14.1 Å². The minimum atomic E-state index is -0.696. The quantitative estimate of drug-likeness (QED) is 0.570. The lowest BCUT2D eigenvalue weighted by atomic mass is 10.1. The second-order valence-corrected chi connectivity index (χ2v) is 5.76. The maximum absolute atomic E-state index is 12.0. The summed E-state index contributed by atoms with van der Waals surface area (Å²) in [6, 6.07) is 12.3. The van der Waals surface area contributed by atoms with Crippen LogP contribution < -0.4 is 5.32 Å². The van der Waals surface area contributed by atoms with Crippen LogP contribution in [0.1, 0.15) is 21.0 Å². The molecule has 8 heteroatoms. The number of hydrogen-bond donors (Lipinski definition) is 1. The summed E-state index contributed by atoms with van der Waals surface area (Å²) in [5.41, 5.74) is 1.15. The smallest absolute Gasteiger partial charge is 0.395 e. The van der Waals surface area contributed by atoms with Crippen LogP contribution in [0.2, 0.25) is 0 Å². The highest BCUT2D eigenvalue weighted by molar-refractivity contribution is 7.15. The maximum Gasteiger partial charge on any atom is 0.433 e. The van der Waals surface area contributed by atoms with E-state index < -0.39 is 16.7 Å². The largest absolute Gasteiger partial charge is 0.433 e. The number of rotatable bonds is 5. The number of anilines is 1. The molecule has 0 radical (unpaired) electrons. The number of aromatic nitrogens is 1. The molecule has 1 aromatic carbocycles. The van der Waals surface area contributed by atoms with E-state index in [2.05, 4.69) is 10.3 Å². The van der Waals surface area contributed by atoms with Crippen molar-refractivity contribution >= 4 is 28.3 Å². The zero-order chi connectivity index (χ0) is 16.2. The Bertz CT molecular complexity index is 841. The third kappa shape index (κ3) is 3.61. The second-order valence-electron chi connectivity index (χ2n) is 4.64. The van der Waals surface area contributed by atoms with Gasteiger partial charge in [0, 0.05) is 17.5 Å². The van der Waals surface area contributed by atoms with Gasteiger partial charge in [-0.05, 0) is 11.6 Å². The number of hydrogen-bond acceptors (Lipinski definition) is 6. The lowest BCUT2D eigenvalue weighted by molar-refractivity contribution is -0.402. The van der Waals surface area contributed by atoms with E-state index in [1.54, 1.807) is 6.20 Å². The van der Waals surface area contributed by atoms with Crippen molar-refractivity contribution in [1.29, 1.82) is 0 Å². The molecule has 23 heavy (non-hydrogen) atoms. The molecule has 1 N–H and O–H groups in total. The van der Waals surface area contributed by atoms with Crippen LogP contribution in [-0.2, 0) is 6.42 Å². The summed E-state index contributed by atoms with van der Waals surface area (Å²) in [4.78, 5) is 26.9. The minimum absolute atomic E-state index is 0.128. The molecule has 0 aliphatic rings. The first-order valence-electron chi connectivity index (χ1n) is 6.66. The maximum atomic E-state index is 12.0. The number of furan rings is 1. The lowest BCUT2D eigenvalue weighted by Gasteiger charge is -1.98. The molecular weight excluding hydrogens is 318 g/mol. The predicted molar refractivity (Wildman–Crippen MR) is 84.7 cm³/mol. The molecule has 0 atom stereocenters. The van der Waals surface area contributed by atoms with Gasteiger partial charge in [0.05, 0.1) is 6.07 Å². The number of carbonyl (C=O) groups is 1. The molecule has 0 saturated heterocycles. The van der Waals surface area contributed by atoms with Crippen LogP contribution in [-0.4, -0.2) is 15.8 Å². The van der Waals surface area contributed by atoms with E-state index in [1.165, 1.54) is 17.4 Å². The molecule has 0 aliphatic heterocycles. The number of nitrogens with zero attached hydrogens (tertiary/aromatic N) is 2. The number of thiazole rings is 1. The molecule has 0 saturated carbocycles. The number of nitro groups is 1. The van der Waals surface area contributed by atoms with E-state index in [0.717, 1.165) is 22.9 Å². The van der Waals surface area contributed by atoms with E-state index in [-0.39, 0.29) is 5.76 Å². The van der Waals surface area contributed by atoms with Crippen LogP contribution in [0.25, 0.3) is 0 Å². The Hall–Kier alpha value is -3.00. The summed E-state index contributed by atoms with van der Waals surface area (Å²) in [6.45, 7) is 0. The molecule has 2 aromatic heterocycles. The fraction of sp³-hybridized carbons (Fsp3) is 0.0667. The summed E-state index contributed by atoms with van der Waals surface area (Å²) >= 11 is 1.35. The van der Waals surface area contributed by atoms with Crippen LogP contribution in [0, 0.1) is 10.1 Å². The van der Waals surface area contributed by atoms with Crippen LogP contribution >= 0.6 is 11.3 Å². The monoisotopic (exact) mass is 329 g/mol. The van der Waals surface area contributed by atoms with Crippen molar-refractivity contribution in [3.63, 3.8) is 0 Å². The Balaban J connectivity index is 1.66. The zero-order valence-corrected chi connectivity index (χ0v) is 12.6. The average Bonchev–Trinajstić information content (AvgIpc) is 3.18. The molecule has 1 amide bonds. The Morgan fingerprint density at radius 1 is 1.26 bits per heavy atom. The van der Waals surface area contributed by atoms with Gasteiger partial charge in [-0.2, -0.15) is 0 Å². The number of benzene rings is 1. The van der Waals surface area contributed by atoms with E-state index in [1.807, 2.05) is 30.3 Å². The molecule has 7 nitrogen and oxygen atoms in total. The molecule has 116 valence electrons. The summed E-state index contributed by atoms with van der Waals surface area (Å²) in [6.07, 6.45) is 2.42. The molecule has 0 unspecified atom stereocenters. The Kier molecular flexibility index (Phi) is 4.15. The Labute approximate surface area is 134 Å². The predicted octanol–water partition coefficient (Wildman–Crippen LogP) is 3.49. The highest BCUT2D eigenvalue weighted by atomic mass is 32.1.